The largest absolute Gasteiger partial charge is 0.433 e. The van der Waals surface area contributed by atoms with E-state index < -0.39 is 11.9 Å². The fourth-order valence-electron chi connectivity index (χ4n) is 4.41. The molecule has 2 aliphatic rings. The van der Waals surface area contributed by atoms with Gasteiger partial charge in [-0.3, -0.25) is 10.1 Å². The molecule has 0 aromatic carbocycles. The lowest BCUT2D eigenvalue weighted by Crippen LogP contribution is -2.41. The van der Waals surface area contributed by atoms with E-state index in [0.29, 0.717) is 16.7 Å². The first-order valence-electron chi connectivity index (χ1n) is 9.64. The Bertz CT molecular complexity index is 1030. The topological polar surface area (TPSA) is 82.6 Å². The number of halogens is 3. The van der Waals surface area contributed by atoms with Crippen LogP contribution in [0.3, 0.4) is 0 Å². The normalized spacial score (nSPS) is 19.3. The lowest BCUT2D eigenvalue weighted by Gasteiger charge is -2.39. The van der Waals surface area contributed by atoms with Crippen molar-refractivity contribution in [1.82, 2.24) is 30.5 Å². The zero-order valence-corrected chi connectivity index (χ0v) is 15.6. The van der Waals surface area contributed by atoms with Crippen molar-refractivity contribution >= 4 is 16.7 Å². The van der Waals surface area contributed by atoms with Gasteiger partial charge in [-0.2, -0.15) is 18.3 Å². The van der Waals surface area contributed by atoms with Crippen molar-refractivity contribution in [3.8, 4) is 11.4 Å². The van der Waals surface area contributed by atoms with Gasteiger partial charge in [-0.1, -0.05) is 0 Å². The van der Waals surface area contributed by atoms with Gasteiger partial charge in [0.05, 0.1) is 23.5 Å². The predicted octanol–water partition coefficient (Wildman–Crippen LogP) is 3.01. The zero-order valence-electron chi connectivity index (χ0n) is 15.6. The third kappa shape index (κ3) is 3.21. The van der Waals surface area contributed by atoms with E-state index in [1.165, 1.54) is 6.42 Å². The molecule has 2 aliphatic heterocycles. The molecular formula is C19H20F3N7. The molecule has 7 nitrogen and oxygen atoms in total. The van der Waals surface area contributed by atoms with Crippen molar-refractivity contribution in [2.75, 3.05) is 31.1 Å². The van der Waals surface area contributed by atoms with Gasteiger partial charge in [0.15, 0.2) is 11.5 Å². The van der Waals surface area contributed by atoms with Gasteiger partial charge in [-0.25, -0.2) is 9.97 Å². The lowest BCUT2D eigenvalue weighted by atomic mass is 9.78. The fourth-order valence-corrected chi connectivity index (χ4v) is 4.41. The molecule has 0 amide bonds. The number of pyridine rings is 1. The molecule has 0 saturated carbocycles. The summed E-state index contributed by atoms with van der Waals surface area (Å²) in [7, 11) is 0. The molecule has 3 aromatic rings. The summed E-state index contributed by atoms with van der Waals surface area (Å²) in [5.74, 6) is 0.659. The number of hydrogen-bond acceptors (Lipinski definition) is 6. The maximum atomic E-state index is 13.4. The molecule has 3 aromatic heterocycles. The second-order valence-corrected chi connectivity index (χ2v) is 7.83. The van der Waals surface area contributed by atoms with Crippen LogP contribution in [0.5, 0.6) is 0 Å². The predicted molar refractivity (Wildman–Crippen MR) is 101 cm³/mol. The molecule has 0 unspecified atom stereocenters. The van der Waals surface area contributed by atoms with Crippen molar-refractivity contribution in [3.63, 3.8) is 0 Å². The Morgan fingerprint density at radius 2 is 1.90 bits per heavy atom. The number of piperidine rings is 1. The maximum absolute atomic E-state index is 13.4. The Hall–Kier alpha value is -2.75. The summed E-state index contributed by atoms with van der Waals surface area (Å²) in [5, 5.41) is 9.85. The molecule has 2 saturated heterocycles. The van der Waals surface area contributed by atoms with Crippen LogP contribution >= 0.6 is 0 Å². The molecule has 5 rings (SSSR count). The zero-order chi connectivity index (χ0) is 20.1. The number of aromatic nitrogens is 5. The quantitative estimate of drug-likeness (QED) is 0.685. The van der Waals surface area contributed by atoms with Gasteiger partial charge in [0.25, 0.3) is 0 Å². The SMILES string of the molecule is FC(F)(F)c1[nH]ncc1-c1nc(N2CCC3(CCNC3)CC2)c2ccncc2n1. The first kappa shape index (κ1) is 18.3. The second kappa shape index (κ2) is 6.65. The van der Waals surface area contributed by atoms with Crippen molar-refractivity contribution in [2.45, 2.75) is 25.4 Å². The van der Waals surface area contributed by atoms with Crippen molar-refractivity contribution in [1.29, 1.82) is 0 Å². The Morgan fingerprint density at radius 1 is 1.07 bits per heavy atom. The van der Waals surface area contributed by atoms with Gasteiger partial charge in [-0.05, 0) is 37.3 Å². The van der Waals surface area contributed by atoms with Gasteiger partial charge in [-0.15, -0.1) is 0 Å². The Morgan fingerprint density at radius 3 is 2.62 bits per heavy atom. The molecule has 2 fully saturated rings. The molecular weight excluding hydrogens is 383 g/mol. The minimum atomic E-state index is -4.56. The van der Waals surface area contributed by atoms with Gasteiger partial charge in [0.2, 0.25) is 0 Å². The molecule has 0 aliphatic carbocycles. The highest BCUT2D eigenvalue weighted by Gasteiger charge is 2.39. The Balaban J connectivity index is 1.56. The fraction of sp³-hybridized carbons (Fsp3) is 0.474. The Labute approximate surface area is 164 Å². The molecule has 1 spiro atoms. The van der Waals surface area contributed by atoms with E-state index in [0.717, 1.165) is 50.6 Å². The van der Waals surface area contributed by atoms with Crippen LogP contribution in [0, 0.1) is 5.41 Å². The standard InChI is InChI=1S/C19H20F3N7/c20-19(21,22)15-13(9-25-28-15)16-26-14-10-23-5-1-12(14)17(27-16)29-7-3-18(4-8-29)2-6-24-11-18/h1,5,9-10,24H,2-4,6-8,11H2,(H,25,28). The third-order valence-corrected chi connectivity index (χ3v) is 6.10. The van der Waals surface area contributed by atoms with Gasteiger partial charge in [0, 0.05) is 31.2 Å². The number of fused-ring (bicyclic) bond motifs is 1. The molecule has 0 atom stereocenters. The number of H-pyrrole nitrogens is 1. The number of aromatic amines is 1. The van der Waals surface area contributed by atoms with Crippen LogP contribution in [0.1, 0.15) is 25.0 Å². The van der Waals surface area contributed by atoms with Crippen molar-refractivity contribution in [3.05, 3.63) is 30.4 Å². The van der Waals surface area contributed by atoms with Crippen LogP contribution in [0.2, 0.25) is 0 Å². The van der Waals surface area contributed by atoms with Crippen LogP contribution < -0.4 is 10.2 Å². The van der Waals surface area contributed by atoms with Gasteiger partial charge >= 0.3 is 6.18 Å². The molecule has 0 bridgehead atoms. The number of alkyl halides is 3. The molecule has 5 heterocycles. The highest BCUT2D eigenvalue weighted by Crippen LogP contribution is 2.40. The number of rotatable bonds is 2. The average Bonchev–Trinajstić information content (AvgIpc) is 3.38. The second-order valence-electron chi connectivity index (χ2n) is 7.83. The van der Waals surface area contributed by atoms with E-state index in [2.05, 4.69) is 30.3 Å². The summed E-state index contributed by atoms with van der Waals surface area (Å²) in [6, 6.07) is 1.82. The molecule has 0 radical (unpaired) electrons. The van der Waals surface area contributed by atoms with Gasteiger partial charge < -0.3 is 10.2 Å². The van der Waals surface area contributed by atoms with E-state index >= 15 is 0 Å². The summed E-state index contributed by atoms with van der Waals surface area (Å²) >= 11 is 0. The first-order valence-corrected chi connectivity index (χ1v) is 9.64. The van der Waals surface area contributed by atoms with E-state index in [9.17, 15) is 13.2 Å². The summed E-state index contributed by atoms with van der Waals surface area (Å²) < 4.78 is 40.1. The monoisotopic (exact) mass is 403 g/mol. The number of nitrogens with one attached hydrogen (secondary N) is 2. The molecule has 152 valence electrons. The third-order valence-electron chi connectivity index (χ3n) is 6.10. The van der Waals surface area contributed by atoms with E-state index in [1.807, 2.05) is 11.2 Å². The van der Waals surface area contributed by atoms with Crippen LogP contribution in [0.15, 0.2) is 24.7 Å². The summed E-state index contributed by atoms with van der Waals surface area (Å²) in [6.45, 7) is 3.71. The summed E-state index contributed by atoms with van der Waals surface area (Å²) in [6.07, 6.45) is 3.01. The van der Waals surface area contributed by atoms with E-state index in [-0.39, 0.29) is 11.4 Å². The number of hydrogen-bond donors (Lipinski definition) is 2. The number of anilines is 1. The van der Waals surface area contributed by atoms with E-state index in [1.54, 1.807) is 12.4 Å². The molecule has 29 heavy (non-hydrogen) atoms. The highest BCUT2D eigenvalue weighted by molar-refractivity contribution is 5.90. The highest BCUT2D eigenvalue weighted by atomic mass is 19.4. The van der Waals surface area contributed by atoms with Crippen LogP contribution in [0.25, 0.3) is 22.3 Å². The van der Waals surface area contributed by atoms with Crippen LogP contribution in [0.4, 0.5) is 19.0 Å². The van der Waals surface area contributed by atoms with E-state index in [4.69, 9.17) is 0 Å². The van der Waals surface area contributed by atoms with Gasteiger partial charge in [0.1, 0.15) is 5.82 Å². The maximum Gasteiger partial charge on any atom is 0.433 e. The van der Waals surface area contributed by atoms with Crippen LogP contribution in [-0.2, 0) is 6.18 Å². The minimum absolute atomic E-state index is 0.00407. The summed E-state index contributed by atoms with van der Waals surface area (Å²) in [4.78, 5) is 15.2. The molecule has 10 heteroatoms. The lowest BCUT2D eigenvalue weighted by molar-refractivity contribution is -0.140. The smallest absolute Gasteiger partial charge is 0.356 e. The first-order chi connectivity index (χ1) is 14.0. The van der Waals surface area contributed by atoms with Crippen LogP contribution in [-0.4, -0.2) is 51.3 Å². The molecule has 2 N–H and O–H groups in total. The Kier molecular flexibility index (Phi) is 4.19. The number of nitrogens with zero attached hydrogens (tertiary/aromatic N) is 5. The summed E-state index contributed by atoms with van der Waals surface area (Å²) in [5.41, 5.74) is -0.249. The van der Waals surface area contributed by atoms with Crippen molar-refractivity contribution < 1.29 is 13.2 Å². The average molecular weight is 403 g/mol. The van der Waals surface area contributed by atoms with Crippen molar-refractivity contribution in [2.24, 2.45) is 5.41 Å². The minimum Gasteiger partial charge on any atom is -0.356 e.